The zero-order valence-corrected chi connectivity index (χ0v) is 11.8. The third kappa shape index (κ3) is 3.64. The van der Waals surface area contributed by atoms with Crippen LogP contribution in [0.5, 0.6) is 5.75 Å². The maximum Gasteiger partial charge on any atom is 0.179 e. The van der Waals surface area contributed by atoms with Crippen LogP contribution in [0, 0.1) is 0 Å². The Morgan fingerprint density at radius 2 is 2.05 bits per heavy atom. The predicted octanol–water partition coefficient (Wildman–Crippen LogP) is 1.81. The van der Waals surface area contributed by atoms with Crippen molar-refractivity contribution in [3.63, 3.8) is 0 Å². The topological polar surface area (TPSA) is 52.6 Å². The summed E-state index contributed by atoms with van der Waals surface area (Å²) in [6, 6.07) is 7.05. The molecule has 1 atom stereocenters. The zero-order valence-electron chi connectivity index (χ0n) is 11.0. The van der Waals surface area contributed by atoms with Gasteiger partial charge in [0.1, 0.15) is 5.75 Å². The van der Waals surface area contributed by atoms with Gasteiger partial charge in [-0.2, -0.15) is 0 Å². The molecule has 0 saturated carbocycles. The van der Waals surface area contributed by atoms with Crippen molar-refractivity contribution >= 4 is 16.6 Å². The van der Waals surface area contributed by atoms with Crippen LogP contribution >= 0.6 is 0 Å². The lowest BCUT2D eigenvalue weighted by atomic mass is 10.1. The van der Waals surface area contributed by atoms with E-state index in [0.717, 1.165) is 12.8 Å². The third-order valence-corrected chi connectivity index (χ3v) is 4.98. The molecular formula is C14H18O4S. The van der Waals surface area contributed by atoms with Gasteiger partial charge in [0.05, 0.1) is 18.4 Å². The van der Waals surface area contributed by atoms with Gasteiger partial charge in [-0.3, -0.25) is 9.00 Å². The molecule has 5 heteroatoms. The summed E-state index contributed by atoms with van der Waals surface area (Å²) in [5.41, 5.74) is 0.505. The second-order valence-corrected chi connectivity index (χ2v) is 6.18. The number of ether oxygens (including phenoxy) is 2. The first-order valence-corrected chi connectivity index (χ1v) is 7.71. The molecule has 0 amide bonds. The number of carbonyl (C=O) groups is 1. The summed E-state index contributed by atoms with van der Waals surface area (Å²) in [6.07, 6.45) is 1.54. The monoisotopic (exact) mass is 282 g/mol. The first kappa shape index (κ1) is 14.2. The van der Waals surface area contributed by atoms with E-state index in [1.807, 2.05) is 6.07 Å². The number of hydrogen-bond donors (Lipinski definition) is 0. The van der Waals surface area contributed by atoms with E-state index >= 15 is 0 Å². The number of methoxy groups -OCH3 is 1. The van der Waals surface area contributed by atoms with E-state index in [-0.39, 0.29) is 16.8 Å². The molecule has 1 aromatic rings. The molecule has 1 aliphatic heterocycles. The Hall–Kier alpha value is -1.20. The molecule has 1 aromatic carbocycles. The largest absolute Gasteiger partial charge is 0.496 e. The molecule has 104 valence electrons. The van der Waals surface area contributed by atoms with Crippen molar-refractivity contribution in [1.82, 2.24) is 0 Å². The van der Waals surface area contributed by atoms with E-state index in [0.29, 0.717) is 24.5 Å². The fourth-order valence-electron chi connectivity index (χ4n) is 2.14. The van der Waals surface area contributed by atoms with Crippen LogP contribution in [0.2, 0.25) is 0 Å². The minimum Gasteiger partial charge on any atom is -0.496 e. The highest BCUT2D eigenvalue weighted by Gasteiger charge is 2.23. The van der Waals surface area contributed by atoms with Crippen LogP contribution in [-0.4, -0.2) is 41.3 Å². The van der Waals surface area contributed by atoms with E-state index in [4.69, 9.17) is 9.47 Å². The molecule has 4 nitrogen and oxygen atoms in total. The fourth-order valence-corrected chi connectivity index (χ4v) is 3.51. The van der Waals surface area contributed by atoms with Crippen LogP contribution in [0.25, 0.3) is 0 Å². The summed E-state index contributed by atoms with van der Waals surface area (Å²) in [5, 5.41) is 0.0763. The minimum absolute atomic E-state index is 0.0606. The summed E-state index contributed by atoms with van der Waals surface area (Å²) in [6.45, 7) is 1.28. The Bertz CT molecular complexity index is 466. The molecule has 1 heterocycles. The predicted molar refractivity (Wildman–Crippen MR) is 74.2 cm³/mol. The number of benzene rings is 1. The lowest BCUT2D eigenvalue weighted by molar-refractivity contribution is 0.0979. The van der Waals surface area contributed by atoms with Crippen molar-refractivity contribution in [3.8, 4) is 5.75 Å². The first-order chi connectivity index (χ1) is 9.22. The Kier molecular flexibility index (Phi) is 5.10. The van der Waals surface area contributed by atoms with E-state index in [1.54, 1.807) is 18.2 Å². The van der Waals surface area contributed by atoms with E-state index in [9.17, 15) is 9.00 Å². The van der Waals surface area contributed by atoms with Crippen molar-refractivity contribution in [1.29, 1.82) is 0 Å². The van der Waals surface area contributed by atoms with Gasteiger partial charge in [0.15, 0.2) is 5.78 Å². The van der Waals surface area contributed by atoms with Gasteiger partial charge in [-0.25, -0.2) is 0 Å². The molecular weight excluding hydrogens is 264 g/mol. The summed E-state index contributed by atoms with van der Waals surface area (Å²) in [4.78, 5) is 12.2. The standard InChI is InChI=1S/C14H18O4S/c1-17-14-5-3-2-4-12(14)13(15)10-19(16)11-6-8-18-9-7-11/h2-5,11H,6-10H2,1H3. The highest BCUT2D eigenvalue weighted by molar-refractivity contribution is 7.86. The maximum atomic E-state index is 12.2. The van der Waals surface area contributed by atoms with Crippen LogP contribution in [-0.2, 0) is 15.5 Å². The average Bonchev–Trinajstić information content (AvgIpc) is 2.48. The summed E-state index contributed by atoms with van der Waals surface area (Å²) < 4.78 is 22.6. The highest BCUT2D eigenvalue weighted by atomic mass is 32.2. The van der Waals surface area contributed by atoms with Gasteiger partial charge in [-0.1, -0.05) is 12.1 Å². The van der Waals surface area contributed by atoms with Crippen molar-refractivity contribution in [2.24, 2.45) is 0 Å². The molecule has 1 fully saturated rings. The number of hydrogen-bond acceptors (Lipinski definition) is 4. The lowest BCUT2D eigenvalue weighted by Crippen LogP contribution is -2.28. The zero-order chi connectivity index (χ0) is 13.7. The molecule has 2 rings (SSSR count). The van der Waals surface area contributed by atoms with Crippen LogP contribution in [0.15, 0.2) is 24.3 Å². The second kappa shape index (κ2) is 6.82. The molecule has 0 aromatic heterocycles. The minimum atomic E-state index is -1.13. The molecule has 19 heavy (non-hydrogen) atoms. The van der Waals surface area contributed by atoms with Crippen LogP contribution in [0.4, 0.5) is 0 Å². The SMILES string of the molecule is COc1ccccc1C(=O)CS(=O)C1CCOCC1. The molecule has 0 bridgehead atoms. The molecule has 1 unspecified atom stereocenters. The normalized spacial score (nSPS) is 17.9. The lowest BCUT2D eigenvalue weighted by Gasteiger charge is -2.21. The van der Waals surface area contributed by atoms with E-state index in [2.05, 4.69) is 0 Å². The molecule has 0 radical (unpaired) electrons. The smallest absolute Gasteiger partial charge is 0.179 e. The molecule has 0 aliphatic carbocycles. The number of carbonyl (C=O) groups excluding carboxylic acids is 1. The molecule has 0 N–H and O–H groups in total. The van der Waals surface area contributed by atoms with Crippen molar-refractivity contribution < 1.29 is 18.5 Å². The van der Waals surface area contributed by atoms with Crippen molar-refractivity contribution in [3.05, 3.63) is 29.8 Å². The quantitative estimate of drug-likeness (QED) is 0.773. The maximum absolute atomic E-state index is 12.2. The van der Waals surface area contributed by atoms with Crippen LogP contribution in [0.3, 0.4) is 0 Å². The highest BCUT2D eigenvalue weighted by Crippen LogP contribution is 2.20. The number of Topliss-reactive ketones (excluding diaryl/α,β-unsaturated/α-hetero) is 1. The summed E-state index contributed by atoms with van der Waals surface area (Å²) in [7, 11) is 0.397. The number of rotatable bonds is 5. The Labute approximate surface area is 115 Å². The van der Waals surface area contributed by atoms with Gasteiger partial charge >= 0.3 is 0 Å². The van der Waals surface area contributed by atoms with E-state index in [1.165, 1.54) is 7.11 Å². The van der Waals surface area contributed by atoms with Gasteiger partial charge < -0.3 is 9.47 Å². The Morgan fingerprint density at radius 3 is 2.74 bits per heavy atom. The van der Waals surface area contributed by atoms with E-state index < -0.39 is 10.8 Å². The van der Waals surface area contributed by atoms with Gasteiger partial charge in [0.2, 0.25) is 0 Å². The van der Waals surface area contributed by atoms with Crippen LogP contribution < -0.4 is 4.74 Å². The van der Waals surface area contributed by atoms with Gasteiger partial charge in [-0.05, 0) is 25.0 Å². The number of ketones is 1. The third-order valence-electron chi connectivity index (χ3n) is 3.22. The average molecular weight is 282 g/mol. The second-order valence-electron chi connectivity index (χ2n) is 4.46. The van der Waals surface area contributed by atoms with Crippen molar-refractivity contribution in [2.75, 3.05) is 26.1 Å². The first-order valence-electron chi connectivity index (χ1n) is 6.33. The summed E-state index contributed by atoms with van der Waals surface area (Å²) in [5.74, 6) is 0.476. The van der Waals surface area contributed by atoms with Crippen LogP contribution in [0.1, 0.15) is 23.2 Å². The molecule has 1 aliphatic rings. The molecule has 1 saturated heterocycles. The van der Waals surface area contributed by atoms with Gasteiger partial charge in [-0.15, -0.1) is 0 Å². The Morgan fingerprint density at radius 1 is 1.37 bits per heavy atom. The summed E-state index contributed by atoms with van der Waals surface area (Å²) >= 11 is 0. The Balaban J connectivity index is 2.02. The van der Waals surface area contributed by atoms with Gasteiger partial charge in [0, 0.05) is 29.3 Å². The fraction of sp³-hybridized carbons (Fsp3) is 0.500. The molecule has 0 spiro atoms. The van der Waals surface area contributed by atoms with Crippen molar-refractivity contribution in [2.45, 2.75) is 18.1 Å². The van der Waals surface area contributed by atoms with Gasteiger partial charge in [0.25, 0.3) is 0 Å². The number of para-hydroxylation sites is 1.